The molecule has 0 aliphatic heterocycles. The first-order valence-corrected chi connectivity index (χ1v) is 8.22. The zero-order chi connectivity index (χ0) is 14.9. The SMILES string of the molecule is CC(C)(C)c1nc(Cc2ccccc2Br)nc(N)c1I. The average Bonchev–Trinajstić information content (AvgIpc) is 2.35. The Hall–Kier alpha value is -0.690. The Kier molecular flexibility index (Phi) is 4.69. The van der Waals surface area contributed by atoms with Crippen LogP contribution in [0.25, 0.3) is 0 Å². The number of nitrogens with zero attached hydrogens (tertiary/aromatic N) is 2. The molecule has 1 aromatic carbocycles. The van der Waals surface area contributed by atoms with Crippen LogP contribution in [0.1, 0.15) is 37.9 Å². The van der Waals surface area contributed by atoms with Crippen LogP contribution in [0, 0.1) is 3.57 Å². The van der Waals surface area contributed by atoms with E-state index in [2.05, 4.69) is 70.3 Å². The van der Waals surface area contributed by atoms with Gasteiger partial charge in [-0.1, -0.05) is 54.9 Å². The summed E-state index contributed by atoms with van der Waals surface area (Å²) < 4.78 is 2.02. The van der Waals surface area contributed by atoms with Crippen molar-refractivity contribution in [2.45, 2.75) is 32.6 Å². The molecule has 2 N–H and O–H groups in total. The van der Waals surface area contributed by atoms with Crippen molar-refractivity contribution in [1.29, 1.82) is 0 Å². The second kappa shape index (κ2) is 5.97. The minimum absolute atomic E-state index is 0.0454. The molecule has 0 unspecified atom stereocenters. The summed E-state index contributed by atoms with van der Waals surface area (Å²) >= 11 is 5.78. The zero-order valence-electron chi connectivity index (χ0n) is 11.7. The quantitative estimate of drug-likeness (QED) is 0.700. The molecule has 1 heterocycles. The fourth-order valence-corrected chi connectivity index (χ4v) is 3.38. The van der Waals surface area contributed by atoms with Crippen LogP contribution in [0.15, 0.2) is 28.7 Å². The molecule has 5 heteroatoms. The van der Waals surface area contributed by atoms with Crippen molar-refractivity contribution in [3.8, 4) is 0 Å². The van der Waals surface area contributed by atoms with Gasteiger partial charge in [0, 0.05) is 16.3 Å². The van der Waals surface area contributed by atoms with E-state index in [0.717, 1.165) is 25.1 Å². The molecule has 1 aromatic heterocycles. The average molecular weight is 446 g/mol. The van der Waals surface area contributed by atoms with Gasteiger partial charge in [0.1, 0.15) is 11.6 Å². The highest BCUT2D eigenvalue weighted by Gasteiger charge is 2.22. The highest BCUT2D eigenvalue weighted by molar-refractivity contribution is 14.1. The first-order chi connectivity index (χ1) is 9.29. The van der Waals surface area contributed by atoms with Gasteiger partial charge in [-0.15, -0.1) is 0 Å². The minimum atomic E-state index is -0.0454. The van der Waals surface area contributed by atoms with Crippen molar-refractivity contribution in [2.24, 2.45) is 0 Å². The van der Waals surface area contributed by atoms with Crippen LogP contribution < -0.4 is 5.73 Å². The summed E-state index contributed by atoms with van der Waals surface area (Å²) in [6, 6.07) is 8.10. The van der Waals surface area contributed by atoms with Crippen LogP contribution in [0.5, 0.6) is 0 Å². The number of rotatable bonds is 2. The summed E-state index contributed by atoms with van der Waals surface area (Å²) in [5, 5.41) is 0. The second-order valence-electron chi connectivity index (χ2n) is 5.71. The van der Waals surface area contributed by atoms with Crippen molar-refractivity contribution in [3.63, 3.8) is 0 Å². The van der Waals surface area contributed by atoms with Crippen LogP contribution in [0.4, 0.5) is 5.82 Å². The maximum Gasteiger partial charge on any atom is 0.140 e. The van der Waals surface area contributed by atoms with E-state index in [0.29, 0.717) is 12.2 Å². The molecule has 0 fully saturated rings. The van der Waals surface area contributed by atoms with Gasteiger partial charge in [-0.25, -0.2) is 9.97 Å². The monoisotopic (exact) mass is 445 g/mol. The fraction of sp³-hybridized carbons (Fsp3) is 0.333. The number of nitrogens with two attached hydrogens (primary N) is 1. The lowest BCUT2D eigenvalue weighted by atomic mass is 9.92. The molecule has 0 bridgehead atoms. The van der Waals surface area contributed by atoms with Gasteiger partial charge < -0.3 is 5.73 Å². The molecule has 0 saturated carbocycles. The largest absolute Gasteiger partial charge is 0.383 e. The third kappa shape index (κ3) is 3.49. The number of benzene rings is 1. The number of aromatic nitrogens is 2. The Morgan fingerprint density at radius 3 is 2.45 bits per heavy atom. The van der Waals surface area contributed by atoms with Crippen molar-refractivity contribution in [2.75, 3.05) is 5.73 Å². The molecule has 0 aliphatic rings. The van der Waals surface area contributed by atoms with E-state index in [-0.39, 0.29) is 5.41 Å². The molecule has 0 atom stereocenters. The Morgan fingerprint density at radius 1 is 1.20 bits per heavy atom. The summed E-state index contributed by atoms with van der Waals surface area (Å²) in [6.07, 6.45) is 0.672. The summed E-state index contributed by atoms with van der Waals surface area (Å²) in [6.45, 7) is 6.41. The van der Waals surface area contributed by atoms with Crippen LogP contribution in [0.3, 0.4) is 0 Å². The third-order valence-electron chi connectivity index (χ3n) is 2.94. The molecule has 20 heavy (non-hydrogen) atoms. The summed E-state index contributed by atoms with van der Waals surface area (Å²) in [4.78, 5) is 9.14. The molecular formula is C15H17BrIN3. The van der Waals surface area contributed by atoms with Crippen LogP contribution in [0.2, 0.25) is 0 Å². The van der Waals surface area contributed by atoms with Gasteiger partial charge in [0.15, 0.2) is 0 Å². The summed E-state index contributed by atoms with van der Waals surface area (Å²) in [5.74, 6) is 1.33. The topological polar surface area (TPSA) is 51.8 Å². The first-order valence-electron chi connectivity index (χ1n) is 6.35. The van der Waals surface area contributed by atoms with Gasteiger partial charge in [-0.05, 0) is 34.2 Å². The molecule has 2 rings (SSSR count). The summed E-state index contributed by atoms with van der Waals surface area (Å²) in [7, 11) is 0. The van der Waals surface area contributed by atoms with E-state index in [1.54, 1.807) is 0 Å². The van der Waals surface area contributed by atoms with E-state index >= 15 is 0 Å². The van der Waals surface area contributed by atoms with Gasteiger partial charge in [0.2, 0.25) is 0 Å². The van der Waals surface area contributed by atoms with Gasteiger partial charge in [0.25, 0.3) is 0 Å². The normalized spacial score (nSPS) is 11.7. The van der Waals surface area contributed by atoms with Gasteiger partial charge in [0.05, 0.1) is 9.26 Å². The van der Waals surface area contributed by atoms with E-state index in [9.17, 15) is 0 Å². The van der Waals surface area contributed by atoms with Crippen LogP contribution >= 0.6 is 38.5 Å². The maximum absolute atomic E-state index is 6.04. The Balaban J connectivity index is 2.44. The first kappa shape index (κ1) is 15.7. The molecule has 0 saturated heterocycles. The number of halogens is 2. The number of anilines is 1. The Labute approximate surface area is 141 Å². The smallest absolute Gasteiger partial charge is 0.140 e. The lowest BCUT2D eigenvalue weighted by Gasteiger charge is -2.21. The molecule has 3 nitrogen and oxygen atoms in total. The maximum atomic E-state index is 6.04. The Morgan fingerprint density at radius 2 is 1.85 bits per heavy atom. The molecule has 0 aliphatic carbocycles. The molecule has 0 spiro atoms. The van der Waals surface area contributed by atoms with Crippen molar-refractivity contribution in [1.82, 2.24) is 9.97 Å². The van der Waals surface area contributed by atoms with E-state index < -0.39 is 0 Å². The van der Waals surface area contributed by atoms with Gasteiger partial charge >= 0.3 is 0 Å². The highest BCUT2D eigenvalue weighted by Crippen LogP contribution is 2.29. The second-order valence-corrected chi connectivity index (χ2v) is 7.64. The van der Waals surface area contributed by atoms with Crippen molar-refractivity contribution >= 4 is 44.3 Å². The standard InChI is InChI=1S/C15H17BrIN3/c1-15(2,3)13-12(17)14(18)20-11(19-13)8-9-6-4-5-7-10(9)16/h4-7H,8H2,1-3H3,(H2,18,19,20). The predicted molar refractivity (Wildman–Crippen MR) is 94.8 cm³/mol. The predicted octanol–water partition coefficient (Wildman–Crippen LogP) is 4.31. The molecule has 106 valence electrons. The number of nitrogen functional groups attached to an aromatic ring is 1. The summed E-state index contributed by atoms with van der Waals surface area (Å²) in [5.41, 5.74) is 8.16. The third-order valence-corrected chi connectivity index (χ3v) is 4.78. The number of hydrogen-bond donors (Lipinski definition) is 1. The lowest BCUT2D eigenvalue weighted by Crippen LogP contribution is -2.19. The van der Waals surface area contributed by atoms with Gasteiger partial charge in [-0.2, -0.15) is 0 Å². The minimum Gasteiger partial charge on any atom is -0.383 e. The van der Waals surface area contributed by atoms with E-state index in [1.807, 2.05) is 18.2 Å². The lowest BCUT2D eigenvalue weighted by molar-refractivity contribution is 0.559. The molecule has 2 aromatic rings. The van der Waals surface area contributed by atoms with Crippen LogP contribution in [-0.2, 0) is 11.8 Å². The molecular weight excluding hydrogens is 429 g/mol. The number of hydrogen-bond acceptors (Lipinski definition) is 3. The van der Waals surface area contributed by atoms with E-state index in [1.165, 1.54) is 0 Å². The van der Waals surface area contributed by atoms with Crippen molar-refractivity contribution in [3.05, 3.63) is 49.4 Å². The Bertz CT molecular complexity index is 636. The fourth-order valence-electron chi connectivity index (χ4n) is 1.90. The highest BCUT2D eigenvalue weighted by atomic mass is 127. The molecule has 0 radical (unpaired) electrons. The van der Waals surface area contributed by atoms with E-state index in [4.69, 9.17) is 10.7 Å². The zero-order valence-corrected chi connectivity index (χ0v) is 15.5. The van der Waals surface area contributed by atoms with Crippen molar-refractivity contribution < 1.29 is 0 Å². The molecule has 0 amide bonds. The van der Waals surface area contributed by atoms with Gasteiger partial charge in [-0.3, -0.25) is 0 Å². The van der Waals surface area contributed by atoms with Crippen LogP contribution in [-0.4, -0.2) is 9.97 Å².